The summed E-state index contributed by atoms with van der Waals surface area (Å²) in [5.41, 5.74) is 3.34. The molecule has 0 radical (unpaired) electrons. The number of rotatable bonds is 9. The van der Waals surface area contributed by atoms with Crippen LogP contribution in [0.25, 0.3) is 0 Å². The van der Waals surface area contributed by atoms with E-state index in [-0.39, 0.29) is 6.61 Å². The molecule has 0 atom stereocenters. The molecular weight excluding hydrogens is 557 g/mol. The fourth-order valence-corrected chi connectivity index (χ4v) is 6.22. The zero-order chi connectivity index (χ0) is 28.9. The van der Waals surface area contributed by atoms with Crippen molar-refractivity contribution >= 4 is 29.2 Å². The van der Waals surface area contributed by atoms with Gasteiger partial charge in [0.05, 0.1) is 22.2 Å². The highest BCUT2D eigenvalue weighted by atomic mass is 35.5. The van der Waals surface area contributed by atoms with Gasteiger partial charge in [0, 0.05) is 24.7 Å². The highest BCUT2D eigenvalue weighted by molar-refractivity contribution is 6.32. The lowest BCUT2D eigenvalue weighted by Gasteiger charge is -2.44. The van der Waals surface area contributed by atoms with Crippen molar-refractivity contribution in [3.8, 4) is 17.6 Å². The minimum Gasteiger partial charge on any atom is -0.489 e. The zero-order valence-electron chi connectivity index (χ0n) is 23.8. The molecule has 0 unspecified atom stereocenters. The molecule has 216 valence electrons. The Balaban J connectivity index is 1.22. The molecule has 2 aromatic carbocycles. The molecule has 1 aromatic heterocycles. The van der Waals surface area contributed by atoms with Gasteiger partial charge in [-0.05, 0) is 85.6 Å². The molecule has 2 saturated heterocycles. The number of halogens is 2. The standard InChI is InChI=1S/C32H37Cl2N5O2/c1-31(2,25-19-23(21-35)29(28(34)20-25)40-18-12-33)24-3-5-27(6-4-24)41-22-26-7-13-37-30(38-26)39-16-10-32(11-17-39)8-14-36-15-9-32/h3-7,13,19-20,36H,8-12,14-18,22H2,1-2H3. The van der Waals surface area contributed by atoms with E-state index < -0.39 is 5.41 Å². The van der Waals surface area contributed by atoms with Gasteiger partial charge in [-0.2, -0.15) is 5.26 Å². The topological polar surface area (TPSA) is 83.3 Å². The Labute approximate surface area is 252 Å². The van der Waals surface area contributed by atoms with Crippen molar-refractivity contribution in [2.24, 2.45) is 5.41 Å². The molecule has 41 heavy (non-hydrogen) atoms. The zero-order valence-corrected chi connectivity index (χ0v) is 25.3. The Morgan fingerprint density at radius 3 is 2.44 bits per heavy atom. The maximum Gasteiger partial charge on any atom is 0.225 e. The SMILES string of the molecule is CC(C)(c1ccc(OCc2ccnc(N3CCC4(CCNCC4)CC3)n2)cc1)c1cc(Cl)c(OCCCl)c(C#N)c1. The molecular formula is C32H37Cl2N5O2. The number of hydrogen-bond acceptors (Lipinski definition) is 7. The highest BCUT2D eigenvalue weighted by Gasteiger charge is 2.36. The third kappa shape index (κ3) is 6.72. The van der Waals surface area contributed by atoms with Crippen LogP contribution in [0, 0.1) is 16.7 Å². The largest absolute Gasteiger partial charge is 0.489 e. The average molecular weight is 595 g/mol. The van der Waals surface area contributed by atoms with E-state index in [2.05, 4.69) is 35.1 Å². The summed E-state index contributed by atoms with van der Waals surface area (Å²) >= 11 is 12.3. The van der Waals surface area contributed by atoms with Crippen molar-refractivity contribution in [1.29, 1.82) is 5.26 Å². The van der Waals surface area contributed by atoms with Gasteiger partial charge in [0.25, 0.3) is 0 Å². The third-order valence-electron chi connectivity index (χ3n) is 8.64. The van der Waals surface area contributed by atoms with Gasteiger partial charge in [0.1, 0.15) is 25.0 Å². The fourth-order valence-electron chi connectivity index (χ4n) is 5.87. The van der Waals surface area contributed by atoms with Crippen LogP contribution in [0.2, 0.25) is 5.02 Å². The molecule has 0 bridgehead atoms. The maximum absolute atomic E-state index is 9.68. The number of nitriles is 1. The second-order valence-corrected chi connectivity index (χ2v) is 12.3. The van der Waals surface area contributed by atoms with Gasteiger partial charge in [-0.1, -0.05) is 37.6 Å². The van der Waals surface area contributed by atoms with E-state index in [0.29, 0.717) is 34.2 Å². The van der Waals surface area contributed by atoms with E-state index in [1.807, 2.05) is 48.7 Å². The summed E-state index contributed by atoms with van der Waals surface area (Å²) < 4.78 is 11.7. The van der Waals surface area contributed by atoms with Gasteiger partial charge >= 0.3 is 0 Å². The molecule has 3 aromatic rings. The van der Waals surface area contributed by atoms with Gasteiger partial charge in [0.2, 0.25) is 5.95 Å². The number of piperidine rings is 2. The van der Waals surface area contributed by atoms with Gasteiger partial charge in [0.15, 0.2) is 5.75 Å². The molecule has 1 spiro atoms. The first-order chi connectivity index (χ1) is 19.8. The predicted molar refractivity (Wildman–Crippen MR) is 163 cm³/mol. The van der Waals surface area contributed by atoms with Crippen molar-refractivity contribution < 1.29 is 9.47 Å². The molecule has 0 amide bonds. The van der Waals surface area contributed by atoms with Crippen molar-refractivity contribution in [1.82, 2.24) is 15.3 Å². The Hall–Kier alpha value is -3.05. The van der Waals surface area contributed by atoms with Crippen LogP contribution in [-0.4, -0.2) is 48.6 Å². The van der Waals surface area contributed by atoms with Crippen LogP contribution in [0.5, 0.6) is 11.5 Å². The van der Waals surface area contributed by atoms with Crippen LogP contribution in [0.15, 0.2) is 48.7 Å². The van der Waals surface area contributed by atoms with Crippen LogP contribution in [-0.2, 0) is 12.0 Å². The monoisotopic (exact) mass is 593 g/mol. The maximum atomic E-state index is 9.68. The van der Waals surface area contributed by atoms with E-state index in [1.54, 1.807) is 0 Å². The number of ether oxygens (including phenoxy) is 2. The van der Waals surface area contributed by atoms with Crippen LogP contribution >= 0.6 is 23.2 Å². The summed E-state index contributed by atoms with van der Waals surface area (Å²) in [7, 11) is 0. The number of nitrogens with one attached hydrogen (secondary N) is 1. The van der Waals surface area contributed by atoms with Crippen molar-refractivity contribution in [3.05, 3.63) is 76.1 Å². The molecule has 7 nitrogen and oxygen atoms in total. The van der Waals surface area contributed by atoms with Gasteiger partial charge in [-0.25, -0.2) is 9.97 Å². The fraction of sp³-hybridized carbons (Fsp3) is 0.469. The first-order valence-electron chi connectivity index (χ1n) is 14.3. The first-order valence-corrected chi connectivity index (χ1v) is 15.2. The Bertz CT molecular complexity index is 1370. The van der Waals surface area contributed by atoms with Crippen molar-refractivity contribution in [3.63, 3.8) is 0 Å². The molecule has 9 heteroatoms. The minimum atomic E-state index is -0.401. The second-order valence-electron chi connectivity index (χ2n) is 11.5. The number of hydrogen-bond donors (Lipinski definition) is 1. The van der Waals surface area contributed by atoms with Crippen molar-refractivity contribution in [2.45, 2.75) is 51.6 Å². The van der Waals surface area contributed by atoms with Crippen LogP contribution < -0.4 is 19.7 Å². The number of alkyl halides is 1. The number of anilines is 1. The predicted octanol–water partition coefficient (Wildman–Crippen LogP) is 6.49. The number of benzene rings is 2. The normalized spacial score (nSPS) is 16.8. The van der Waals surface area contributed by atoms with E-state index in [1.165, 1.54) is 25.7 Å². The van der Waals surface area contributed by atoms with Crippen molar-refractivity contribution in [2.75, 3.05) is 43.6 Å². The van der Waals surface area contributed by atoms with Crippen LogP contribution in [0.3, 0.4) is 0 Å². The molecule has 3 heterocycles. The summed E-state index contributed by atoms with van der Waals surface area (Å²) in [6, 6.07) is 15.8. The van der Waals surface area contributed by atoms with Gasteiger partial charge in [-0.15, -0.1) is 11.6 Å². The number of nitrogens with zero attached hydrogens (tertiary/aromatic N) is 4. The molecule has 0 aliphatic carbocycles. The third-order valence-corrected chi connectivity index (χ3v) is 9.08. The quantitative estimate of drug-likeness (QED) is 0.284. The Morgan fingerprint density at radius 1 is 1.02 bits per heavy atom. The lowest BCUT2D eigenvalue weighted by atomic mass is 9.72. The summed E-state index contributed by atoms with van der Waals surface area (Å²) in [5, 5.41) is 13.6. The summed E-state index contributed by atoms with van der Waals surface area (Å²) in [6.45, 7) is 9.14. The average Bonchev–Trinajstić information content (AvgIpc) is 3.00. The molecule has 2 fully saturated rings. The minimum absolute atomic E-state index is 0.285. The summed E-state index contributed by atoms with van der Waals surface area (Å²) in [5.74, 6) is 2.24. The smallest absolute Gasteiger partial charge is 0.225 e. The van der Waals surface area contributed by atoms with E-state index in [0.717, 1.165) is 54.7 Å². The van der Waals surface area contributed by atoms with Gasteiger partial charge in [-0.3, -0.25) is 0 Å². The van der Waals surface area contributed by atoms with E-state index in [4.69, 9.17) is 37.7 Å². The molecule has 2 aliphatic heterocycles. The molecule has 1 N–H and O–H groups in total. The Kier molecular flexibility index (Phi) is 9.23. The molecule has 2 aliphatic rings. The molecule has 5 rings (SSSR count). The van der Waals surface area contributed by atoms with Gasteiger partial charge < -0.3 is 19.7 Å². The molecule has 0 saturated carbocycles. The number of aromatic nitrogens is 2. The van der Waals surface area contributed by atoms with E-state index >= 15 is 0 Å². The summed E-state index contributed by atoms with van der Waals surface area (Å²) in [6.07, 6.45) is 6.79. The lowest BCUT2D eigenvalue weighted by molar-refractivity contribution is 0.154. The highest BCUT2D eigenvalue weighted by Crippen LogP contribution is 2.40. The second kappa shape index (κ2) is 12.9. The Morgan fingerprint density at radius 2 is 1.76 bits per heavy atom. The lowest BCUT2D eigenvalue weighted by Crippen LogP contribution is -2.46. The van der Waals surface area contributed by atoms with Crippen LogP contribution in [0.4, 0.5) is 5.95 Å². The first kappa shape index (κ1) is 29.4. The van der Waals surface area contributed by atoms with Crippen LogP contribution in [0.1, 0.15) is 61.9 Å². The summed E-state index contributed by atoms with van der Waals surface area (Å²) in [4.78, 5) is 11.7. The van der Waals surface area contributed by atoms with E-state index in [9.17, 15) is 5.26 Å².